The Morgan fingerprint density at radius 1 is 1.05 bits per heavy atom. The van der Waals surface area contributed by atoms with Gasteiger partial charge in [0.25, 0.3) is 10.0 Å². The van der Waals surface area contributed by atoms with Gasteiger partial charge in [-0.15, -0.1) is 6.58 Å². The van der Waals surface area contributed by atoms with Crippen molar-refractivity contribution in [2.24, 2.45) is 0 Å². The lowest BCUT2D eigenvalue weighted by atomic mass is 10.3. The predicted octanol–water partition coefficient (Wildman–Crippen LogP) is 3.83. The van der Waals surface area contributed by atoms with Gasteiger partial charge in [-0.1, -0.05) is 40.2 Å². The highest BCUT2D eigenvalue weighted by molar-refractivity contribution is 9.10. The Bertz CT molecular complexity index is 682. The van der Waals surface area contributed by atoms with Crippen LogP contribution in [0.25, 0.3) is 0 Å². The fraction of sp³-hybridized carbons (Fsp3) is 0.0667. The lowest BCUT2D eigenvalue weighted by Crippen LogP contribution is -2.31. The van der Waals surface area contributed by atoms with Crippen molar-refractivity contribution in [2.75, 3.05) is 10.8 Å². The molecule has 2 aromatic carbocycles. The molecular formula is C15H14BrNO2S. The highest BCUT2D eigenvalue weighted by Gasteiger charge is 2.23. The number of anilines is 1. The van der Waals surface area contributed by atoms with E-state index in [-0.39, 0.29) is 11.4 Å². The van der Waals surface area contributed by atoms with E-state index >= 15 is 0 Å². The number of benzene rings is 2. The monoisotopic (exact) mass is 351 g/mol. The van der Waals surface area contributed by atoms with E-state index in [1.54, 1.807) is 42.5 Å². The summed E-state index contributed by atoms with van der Waals surface area (Å²) in [5, 5.41) is 0. The van der Waals surface area contributed by atoms with Crippen molar-refractivity contribution in [3.63, 3.8) is 0 Å². The molecule has 0 amide bonds. The molecular weight excluding hydrogens is 338 g/mol. The van der Waals surface area contributed by atoms with E-state index in [4.69, 9.17) is 0 Å². The molecule has 0 aromatic heterocycles. The van der Waals surface area contributed by atoms with Crippen LogP contribution in [0.3, 0.4) is 0 Å². The van der Waals surface area contributed by atoms with Crippen LogP contribution in [-0.4, -0.2) is 15.0 Å². The third-order valence-corrected chi connectivity index (χ3v) is 5.08. The quantitative estimate of drug-likeness (QED) is 0.767. The Labute approximate surface area is 127 Å². The van der Waals surface area contributed by atoms with Gasteiger partial charge >= 0.3 is 0 Å². The lowest BCUT2D eigenvalue weighted by Gasteiger charge is -2.23. The number of para-hydroxylation sites is 1. The molecule has 0 heterocycles. The molecule has 0 unspecified atom stereocenters. The number of hydrogen-bond acceptors (Lipinski definition) is 2. The van der Waals surface area contributed by atoms with Gasteiger partial charge < -0.3 is 0 Å². The zero-order chi connectivity index (χ0) is 14.6. The molecule has 5 heteroatoms. The molecule has 0 saturated carbocycles. The summed E-state index contributed by atoms with van der Waals surface area (Å²) in [6.45, 7) is 3.86. The SMILES string of the molecule is C=CCN(c1ccccc1)S(=O)(=O)c1ccc(Br)cc1. The molecule has 104 valence electrons. The highest BCUT2D eigenvalue weighted by Crippen LogP contribution is 2.24. The van der Waals surface area contributed by atoms with E-state index in [2.05, 4.69) is 22.5 Å². The van der Waals surface area contributed by atoms with Crippen LogP contribution in [0, 0.1) is 0 Å². The molecule has 2 aromatic rings. The number of sulfonamides is 1. The maximum Gasteiger partial charge on any atom is 0.264 e. The van der Waals surface area contributed by atoms with Crippen LogP contribution in [0.4, 0.5) is 5.69 Å². The van der Waals surface area contributed by atoms with Gasteiger partial charge in [-0.05, 0) is 36.4 Å². The molecule has 20 heavy (non-hydrogen) atoms. The van der Waals surface area contributed by atoms with Gasteiger partial charge in [0.1, 0.15) is 0 Å². The minimum Gasteiger partial charge on any atom is -0.263 e. The van der Waals surface area contributed by atoms with Crippen molar-refractivity contribution in [3.05, 3.63) is 71.7 Å². The predicted molar refractivity (Wildman–Crippen MR) is 85.3 cm³/mol. The zero-order valence-electron chi connectivity index (χ0n) is 10.7. The van der Waals surface area contributed by atoms with Crippen molar-refractivity contribution in [1.82, 2.24) is 0 Å². The first kappa shape index (κ1) is 14.8. The standard InChI is InChI=1S/C15H14BrNO2S/c1-2-12-17(14-6-4-3-5-7-14)20(18,19)15-10-8-13(16)9-11-15/h2-11H,1,12H2. The Balaban J connectivity index is 2.48. The molecule has 0 aliphatic carbocycles. The largest absolute Gasteiger partial charge is 0.264 e. The summed E-state index contributed by atoms with van der Waals surface area (Å²) in [4.78, 5) is 0.256. The summed E-state index contributed by atoms with van der Waals surface area (Å²) in [7, 11) is -3.59. The first-order valence-corrected chi connectivity index (χ1v) is 8.23. The normalized spacial score (nSPS) is 11.1. The lowest BCUT2D eigenvalue weighted by molar-refractivity contribution is 0.593. The topological polar surface area (TPSA) is 37.4 Å². The molecule has 0 N–H and O–H groups in total. The number of hydrogen-bond donors (Lipinski definition) is 0. The van der Waals surface area contributed by atoms with Gasteiger partial charge in [-0.3, -0.25) is 4.31 Å². The van der Waals surface area contributed by atoms with Gasteiger partial charge in [0.2, 0.25) is 0 Å². The van der Waals surface area contributed by atoms with Crippen LogP contribution in [0.15, 0.2) is 76.6 Å². The first-order chi connectivity index (χ1) is 9.55. The Morgan fingerprint density at radius 3 is 2.20 bits per heavy atom. The molecule has 0 atom stereocenters. The molecule has 2 rings (SSSR count). The molecule has 0 aliphatic rings. The van der Waals surface area contributed by atoms with Crippen molar-refractivity contribution < 1.29 is 8.42 Å². The van der Waals surface area contributed by atoms with Gasteiger partial charge in [0.05, 0.1) is 17.1 Å². The van der Waals surface area contributed by atoms with Crippen LogP contribution in [0.2, 0.25) is 0 Å². The summed E-state index contributed by atoms with van der Waals surface area (Å²) < 4.78 is 27.6. The zero-order valence-corrected chi connectivity index (χ0v) is 13.1. The minimum absolute atomic E-state index is 0.225. The fourth-order valence-corrected chi connectivity index (χ4v) is 3.49. The number of nitrogens with zero attached hydrogens (tertiary/aromatic N) is 1. The van der Waals surface area contributed by atoms with E-state index in [0.29, 0.717) is 5.69 Å². The van der Waals surface area contributed by atoms with Crippen molar-refractivity contribution in [1.29, 1.82) is 0 Å². The average Bonchev–Trinajstić information content (AvgIpc) is 2.46. The van der Waals surface area contributed by atoms with Crippen LogP contribution in [-0.2, 0) is 10.0 Å². The fourth-order valence-electron chi connectivity index (χ4n) is 1.79. The van der Waals surface area contributed by atoms with Gasteiger partial charge in [-0.25, -0.2) is 8.42 Å². The second kappa shape index (κ2) is 6.24. The van der Waals surface area contributed by atoms with E-state index in [1.807, 2.05) is 18.2 Å². The van der Waals surface area contributed by atoms with Crippen molar-refractivity contribution in [3.8, 4) is 0 Å². The maximum absolute atomic E-state index is 12.7. The molecule has 0 bridgehead atoms. The molecule has 0 aliphatic heterocycles. The Hall–Kier alpha value is -1.59. The summed E-state index contributed by atoms with van der Waals surface area (Å²) >= 11 is 3.30. The molecule has 0 spiro atoms. The summed E-state index contributed by atoms with van der Waals surface area (Å²) in [5.74, 6) is 0. The van der Waals surface area contributed by atoms with Gasteiger partial charge in [0, 0.05) is 4.47 Å². The van der Waals surface area contributed by atoms with Gasteiger partial charge in [0.15, 0.2) is 0 Å². The van der Waals surface area contributed by atoms with E-state index < -0.39 is 10.0 Å². The van der Waals surface area contributed by atoms with Gasteiger partial charge in [-0.2, -0.15) is 0 Å². The summed E-state index contributed by atoms with van der Waals surface area (Å²) in [5.41, 5.74) is 0.621. The van der Waals surface area contributed by atoms with E-state index in [1.165, 1.54) is 4.31 Å². The molecule has 0 fully saturated rings. The van der Waals surface area contributed by atoms with Crippen LogP contribution >= 0.6 is 15.9 Å². The Morgan fingerprint density at radius 2 is 1.65 bits per heavy atom. The van der Waals surface area contributed by atoms with Crippen molar-refractivity contribution in [2.45, 2.75) is 4.90 Å². The maximum atomic E-state index is 12.7. The second-order valence-corrected chi connectivity index (χ2v) is 6.89. The highest BCUT2D eigenvalue weighted by atomic mass is 79.9. The second-order valence-electron chi connectivity index (χ2n) is 4.11. The Kier molecular flexibility index (Phi) is 4.62. The molecule has 0 saturated heterocycles. The number of halogens is 1. The van der Waals surface area contributed by atoms with Crippen LogP contribution in [0.5, 0.6) is 0 Å². The molecule has 3 nitrogen and oxygen atoms in total. The van der Waals surface area contributed by atoms with Crippen LogP contribution in [0.1, 0.15) is 0 Å². The van der Waals surface area contributed by atoms with E-state index in [9.17, 15) is 8.42 Å². The minimum atomic E-state index is -3.59. The smallest absolute Gasteiger partial charge is 0.263 e. The average molecular weight is 352 g/mol. The third-order valence-electron chi connectivity index (χ3n) is 2.74. The van der Waals surface area contributed by atoms with Crippen LogP contribution < -0.4 is 4.31 Å². The summed E-state index contributed by atoms with van der Waals surface area (Å²) in [6.07, 6.45) is 1.57. The number of rotatable bonds is 5. The third kappa shape index (κ3) is 3.11. The van der Waals surface area contributed by atoms with E-state index in [0.717, 1.165) is 4.47 Å². The molecule has 0 radical (unpaired) electrons. The first-order valence-electron chi connectivity index (χ1n) is 6.00. The van der Waals surface area contributed by atoms with Crippen molar-refractivity contribution >= 4 is 31.6 Å². The summed E-state index contributed by atoms with van der Waals surface area (Å²) in [6, 6.07) is 15.6.